The molecule has 1 aliphatic rings. The smallest absolute Gasteiger partial charge is 0.254 e. The van der Waals surface area contributed by atoms with E-state index in [0.717, 1.165) is 5.56 Å². The number of anilines is 2. The van der Waals surface area contributed by atoms with Gasteiger partial charge in [-0.15, -0.1) is 0 Å². The number of ether oxygens (including phenoxy) is 1. The Morgan fingerprint density at radius 3 is 2.28 bits per heavy atom. The number of carbonyl (C=O) groups excluding carboxylic acids is 3. The summed E-state index contributed by atoms with van der Waals surface area (Å²) in [5.41, 5.74) is 3.32. The number of carbonyl (C=O) groups is 3. The Hall–Kier alpha value is -4.17. The number of morpholine rings is 1. The zero-order valence-electron chi connectivity index (χ0n) is 20.3. The molecule has 36 heavy (non-hydrogen) atoms. The van der Waals surface area contributed by atoms with Crippen LogP contribution in [0, 0.1) is 0 Å². The summed E-state index contributed by atoms with van der Waals surface area (Å²) < 4.78 is 5.30. The quantitative estimate of drug-likeness (QED) is 0.509. The Kier molecular flexibility index (Phi) is 8.31. The fraction of sp³-hybridized carbons (Fsp3) is 0.250. The van der Waals surface area contributed by atoms with Crippen molar-refractivity contribution in [3.05, 3.63) is 95.6 Å². The van der Waals surface area contributed by atoms with E-state index in [4.69, 9.17) is 4.74 Å². The number of hydrogen-bond donors (Lipinski definition) is 2. The minimum Gasteiger partial charge on any atom is -0.378 e. The van der Waals surface area contributed by atoms with Crippen molar-refractivity contribution < 1.29 is 19.1 Å². The van der Waals surface area contributed by atoms with Gasteiger partial charge in [-0.2, -0.15) is 0 Å². The first-order chi connectivity index (χ1) is 17.5. The van der Waals surface area contributed by atoms with Crippen molar-refractivity contribution in [2.24, 2.45) is 0 Å². The second-order valence-corrected chi connectivity index (χ2v) is 8.61. The predicted octanol–water partition coefficient (Wildman–Crippen LogP) is 3.48. The highest BCUT2D eigenvalue weighted by Gasteiger charge is 2.19. The van der Waals surface area contributed by atoms with E-state index in [1.165, 1.54) is 0 Å². The van der Waals surface area contributed by atoms with E-state index in [2.05, 4.69) is 10.6 Å². The molecule has 0 atom stereocenters. The molecule has 3 aromatic rings. The van der Waals surface area contributed by atoms with Crippen LogP contribution in [0.25, 0.3) is 0 Å². The third-order valence-corrected chi connectivity index (χ3v) is 5.86. The molecule has 2 N–H and O–H groups in total. The molecule has 0 saturated carbocycles. The lowest BCUT2D eigenvalue weighted by Crippen LogP contribution is -2.40. The van der Waals surface area contributed by atoms with Crippen LogP contribution in [0.2, 0.25) is 0 Å². The van der Waals surface area contributed by atoms with Gasteiger partial charge in [0, 0.05) is 49.2 Å². The molecule has 1 saturated heterocycles. The van der Waals surface area contributed by atoms with Gasteiger partial charge in [0.05, 0.1) is 19.8 Å². The summed E-state index contributed by atoms with van der Waals surface area (Å²) >= 11 is 0. The summed E-state index contributed by atoms with van der Waals surface area (Å²) in [6, 6.07) is 23.8. The molecule has 8 nitrogen and oxygen atoms in total. The normalized spacial score (nSPS) is 13.1. The molecule has 4 rings (SSSR count). The Balaban J connectivity index is 1.31. The number of rotatable bonds is 8. The van der Waals surface area contributed by atoms with Crippen molar-refractivity contribution >= 4 is 29.1 Å². The van der Waals surface area contributed by atoms with Crippen LogP contribution in [0.3, 0.4) is 0 Å². The fourth-order valence-electron chi connectivity index (χ4n) is 3.98. The van der Waals surface area contributed by atoms with Gasteiger partial charge < -0.3 is 25.2 Å². The number of nitrogens with one attached hydrogen (secondary N) is 2. The molecule has 1 heterocycles. The van der Waals surface area contributed by atoms with Crippen LogP contribution in [-0.2, 0) is 16.1 Å². The molecule has 0 aliphatic carbocycles. The summed E-state index contributed by atoms with van der Waals surface area (Å²) in [6.45, 7) is 2.70. The van der Waals surface area contributed by atoms with Gasteiger partial charge in [-0.3, -0.25) is 14.4 Å². The molecule has 0 spiro atoms. The van der Waals surface area contributed by atoms with Gasteiger partial charge >= 0.3 is 0 Å². The van der Waals surface area contributed by atoms with E-state index in [1.807, 2.05) is 36.4 Å². The number of benzene rings is 3. The molecule has 3 aromatic carbocycles. The number of amides is 3. The van der Waals surface area contributed by atoms with E-state index in [1.54, 1.807) is 59.3 Å². The van der Waals surface area contributed by atoms with Gasteiger partial charge in [-0.05, 0) is 42.0 Å². The average Bonchev–Trinajstić information content (AvgIpc) is 2.92. The monoisotopic (exact) mass is 486 g/mol. The van der Waals surface area contributed by atoms with Crippen LogP contribution in [0.1, 0.15) is 26.3 Å². The Morgan fingerprint density at radius 2 is 1.53 bits per heavy atom. The second-order valence-electron chi connectivity index (χ2n) is 8.61. The van der Waals surface area contributed by atoms with Crippen molar-refractivity contribution in [1.82, 2.24) is 9.80 Å². The highest BCUT2D eigenvalue weighted by atomic mass is 16.5. The molecule has 0 bridgehead atoms. The maximum Gasteiger partial charge on any atom is 0.254 e. The van der Waals surface area contributed by atoms with Gasteiger partial charge in [0.2, 0.25) is 5.91 Å². The summed E-state index contributed by atoms with van der Waals surface area (Å²) in [6.07, 6.45) is 0. The van der Waals surface area contributed by atoms with E-state index in [-0.39, 0.29) is 24.3 Å². The van der Waals surface area contributed by atoms with Crippen LogP contribution in [-0.4, -0.2) is 67.4 Å². The van der Waals surface area contributed by atoms with Crippen LogP contribution < -0.4 is 10.6 Å². The van der Waals surface area contributed by atoms with E-state index in [0.29, 0.717) is 55.3 Å². The molecule has 0 aromatic heterocycles. The minimum atomic E-state index is -0.260. The maximum absolute atomic E-state index is 12.9. The number of nitrogens with zero attached hydrogens (tertiary/aromatic N) is 2. The summed E-state index contributed by atoms with van der Waals surface area (Å²) in [7, 11) is 1.76. The topological polar surface area (TPSA) is 91.0 Å². The van der Waals surface area contributed by atoms with E-state index in [9.17, 15) is 14.4 Å². The van der Waals surface area contributed by atoms with E-state index < -0.39 is 0 Å². The predicted molar refractivity (Wildman–Crippen MR) is 139 cm³/mol. The third kappa shape index (κ3) is 6.70. The molecular formula is C28H30N4O4. The van der Waals surface area contributed by atoms with Crippen LogP contribution in [0.15, 0.2) is 78.9 Å². The second kappa shape index (κ2) is 12.0. The average molecular weight is 487 g/mol. The van der Waals surface area contributed by atoms with Gasteiger partial charge in [-0.25, -0.2) is 0 Å². The zero-order chi connectivity index (χ0) is 25.3. The highest BCUT2D eigenvalue weighted by molar-refractivity contribution is 5.98. The molecule has 0 radical (unpaired) electrons. The lowest BCUT2D eigenvalue weighted by Gasteiger charge is -2.27. The van der Waals surface area contributed by atoms with Gasteiger partial charge in [0.25, 0.3) is 11.8 Å². The Morgan fingerprint density at radius 1 is 0.861 bits per heavy atom. The Labute approximate surface area is 210 Å². The molecule has 1 aliphatic heterocycles. The third-order valence-electron chi connectivity index (χ3n) is 5.86. The summed E-state index contributed by atoms with van der Waals surface area (Å²) in [4.78, 5) is 41.5. The number of hydrogen-bond acceptors (Lipinski definition) is 5. The van der Waals surface area contributed by atoms with Gasteiger partial charge in [0.15, 0.2) is 0 Å². The molecule has 186 valence electrons. The first-order valence-corrected chi connectivity index (χ1v) is 11.9. The standard InChI is InChI=1S/C28H30N4O4/c1-31(20-21-7-3-2-4-8-21)27(34)22-9-5-11-24(17-22)29-19-26(33)30-25-12-6-10-23(18-25)28(35)32-13-15-36-16-14-32/h2-12,17-18,29H,13-16,19-20H2,1H3,(H,30,33). The lowest BCUT2D eigenvalue weighted by molar-refractivity contribution is -0.114. The Bertz CT molecular complexity index is 1210. The van der Waals surface area contributed by atoms with Crippen LogP contribution >= 0.6 is 0 Å². The first-order valence-electron chi connectivity index (χ1n) is 11.9. The van der Waals surface area contributed by atoms with Crippen LogP contribution in [0.5, 0.6) is 0 Å². The fourth-order valence-corrected chi connectivity index (χ4v) is 3.98. The first kappa shape index (κ1) is 24.9. The molecule has 8 heteroatoms. The molecular weight excluding hydrogens is 456 g/mol. The van der Waals surface area contributed by atoms with Crippen molar-refractivity contribution in [1.29, 1.82) is 0 Å². The SMILES string of the molecule is CN(Cc1ccccc1)C(=O)c1cccc(NCC(=O)Nc2cccc(C(=O)N3CCOCC3)c2)c1. The summed E-state index contributed by atoms with van der Waals surface area (Å²) in [5, 5.41) is 5.89. The van der Waals surface area contributed by atoms with Crippen molar-refractivity contribution in [2.75, 3.05) is 50.5 Å². The van der Waals surface area contributed by atoms with Gasteiger partial charge in [-0.1, -0.05) is 42.5 Å². The molecule has 3 amide bonds. The van der Waals surface area contributed by atoms with Crippen LogP contribution in [0.4, 0.5) is 11.4 Å². The van der Waals surface area contributed by atoms with Crippen molar-refractivity contribution in [2.45, 2.75) is 6.54 Å². The highest BCUT2D eigenvalue weighted by Crippen LogP contribution is 2.16. The lowest BCUT2D eigenvalue weighted by atomic mass is 10.1. The molecule has 1 fully saturated rings. The minimum absolute atomic E-state index is 0.0130. The van der Waals surface area contributed by atoms with Crippen molar-refractivity contribution in [3.8, 4) is 0 Å². The molecule has 0 unspecified atom stereocenters. The maximum atomic E-state index is 12.9. The zero-order valence-corrected chi connectivity index (χ0v) is 20.3. The van der Waals surface area contributed by atoms with Crippen molar-refractivity contribution in [3.63, 3.8) is 0 Å². The van der Waals surface area contributed by atoms with E-state index >= 15 is 0 Å². The summed E-state index contributed by atoms with van der Waals surface area (Å²) in [5.74, 6) is -0.441. The van der Waals surface area contributed by atoms with Gasteiger partial charge in [0.1, 0.15) is 0 Å². The largest absolute Gasteiger partial charge is 0.378 e.